The summed E-state index contributed by atoms with van der Waals surface area (Å²) in [6.07, 6.45) is 2.38. The van der Waals surface area contributed by atoms with Crippen LogP contribution in [0.2, 0.25) is 0 Å². The molecule has 30 heavy (non-hydrogen) atoms. The topological polar surface area (TPSA) is 66.9 Å². The number of piperidine rings is 3. The molecule has 0 saturated carbocycles. The third kappa shape index (κ3) is 4.27. The van der Waals surface area contributed by atoms with Crippen LogP contribution in [0.4, 0.5) is 5.82 Å². The van der Waals surface area contributed by atoms with Crippen LogP contribution in [-0.2, 0) is 4.74 Å². The molecule has 4 saturated heterocycles. The van der Waals surface area contributed by atoms with Crippen LogP contribution in [0.25, 0.3) is 0 Å². The van der Waals surface area contributed by atoms with Crippen molar-refractivity contribution in [2.75, 3.05) is 50.8 Å². The molecule has 2 bridgehead atoms. The van der Waals surface area contributed by atoms with Crippen molar-refractivity contribution in [1.82, 2.24) is 15.2 Å². The van der Waals surface area contributed by atoms with E-state index in [9.17, 15) is 4.79 Å². The molecule has 7 heteroatoms. The number of morpholine rings is 1. The molecule has 4 aliphatic heterocycles. The average molecular weight is 409 g/mol. The van der Waals surface area contributed by atoms with Crippen LogP contribution in [0.3, 0.4) is 0 Å². The van der Waals surface area contributed by atoms with Gasteiger partial charge in [0.15, 0.2) is 0 Å². The van der Waals surface area contributed by atoms with E-state index in [2.05, 4.69) is 20.1 Å². The number of anilines is 1. The highest BCUT2D eigenvalue weighted by molar-refractivity contribution is 5.94. The number of carbonyl (C=O) groups excluding carboxylic acids is 1. The van der Waals surface area contributed by atoms with Gasteiger partial charge in [-0.1, -0.05) is 6.07 Å². The molecule has 1 aromatic carbocycles. The van der Waals surface area contributed by atoms with Gasteiger partial charge in [0.2, 0.25) is 5.88 Å². The maximum atomic E-state index is 12.7. The normalized spacial score (nSPS) is 25.7. The van der Waals surface area contributed by atoms with Crippen molar-refractivity contribution in [1.29, 1.82) is 0 Å². The summed E-state index contributed by atoms with van der Waals surface area (Å²) < 4.78 is 11.3. The maximum Gasteiger partial charge on any atom is 0.251 e. The number of hydrogen-bond donors (Lipinski definition) is 1. The first-order chi connectivity index (χ1) is 14.7. The van der Waals surface area contributed by atoms with Gasteiger partial charge >= 0.3 is 0 Å². The van der Waals surface area contributed by atoms with Crippen molar-refractivity contribution in [3.8, 4) is 11.6 Å². The third-order valence-electron chi connectivity index (χ3n) is 6.36. The molecule has 1 amide bonds. The number of nitrogens with zero attached hydrogens (tertiary/aromatic N) is 3. The van der Waals surface area contributed by atoms with Gasteiger partial charge in [0, 0.05) is 37.3 Å². The second-order valence-corrected chi connectivity index (χ2v) is 8.28. The zero-order valence-electron chi connectivity index (χ0n) is 17.1. The van der Waals surface area contributed by atoms with E-state index < -0.39 is 0 Å². The van der Waals surface area contributed by atoms with E-state index in [0.717, 1.165) is 38.7 Å². The standard InChI is InChI=1S/C23H28N4O3/c28-23(24-20-16-26-10-8-17(20)9-11-26)18-4-6-19(7-5-18)30-22-3-1-2-21(25-22)27-12-14-29-15-13-27/h1-7,17,20H,8-16H2,(H,24,28)/t20-/m0/s1. The molecule has 1 N–H and O–H groups in total. The summed E-state index contributed by atoms with van der Waals surface area (Å²) in [6.45, 7) is 6.42. The number of nitrogens with one attached hydrogen (secondary N) is 1. The van der Waals surface area contributed by atoms with E-state index in [0.29, 0.717) is 23.1 Å². The Balaban J connectivity index is 1.20. The molecule has 6 rings (SSSR count). The van der Waals surface area contributed by atoms with Crippen LogP contribution in [0.1, 0.15) is 23.2 Å². The van der Waals surface area contributed by atoms with Gasteiger partial charge in [0.25, 0.3) is 5.91 Å². The Labute approximate surface area is 177 Å². The number of aromatic nitrogens is 1. The maximum absolute atomic E-state index is 12.7. The first-order valence-corrected chi connectivity index (χ1v) is 10.9. The summed E-state index contributed by atoms with van der Waals surface area (Å²) >= 11 is 0. The third-order valence-corrected chi connectivity index (χ3v) is 6.36. The number of carbonyl (C=O) groups is 1. The molecule has 0 aliphatic carbocycles. The number of amides is 1. The van der Waals surface area contributed by atoms with Crippen molar-refractivity contribution in [3.05, 3.63) is 48.0 Å². The summed E-state index contributed by atoms with van der Waals surface area (Å²) in [4.78, 5) is 21.9. The van der Waals surface area contributed by atoms with E-state index in [-0.39, 0.29) is 11.9 Å². The van der Waals surface area contributed by atoms with Crippen molar-refractivity contribution >= 4 is 11.7 Å². The molecule has 0 radical (unpaired) electrons. The van der Waals surface area contributed by atoms with Crippen LogP contribution < -0.4 is 15.0 Å². The molecule has 2 aromatic rings. The fraction of sp³-hybridized carbons (Fsp3) is 0.478. The first kappa shape index (κ1) is 19.3. The minimum Gasteiger partial charge on any atom is -0.439 e. The molecular formula is C23H28N4O3. The summed E-state index contributed by atoms with van der Waals surface area (Å²) in [5, 5.41) is 3.23. The Hall–Kier alpha value is -2.64. The molecule has 1 atom stereocenters. The number of benzene rings is 1. The Morgan fingerprint density at radius 1 is 1.03 bits per heavy atom. The zero-order valence-corrected chi connectivity index (χ0v) is 17.1. The summed E-state index contributed by atoms with van der Waals surface area (Å²) in [6, 6.07) is 13.3. The zero-order chi connectivity index (χ0) is 20.3. The lowest BCUT2D eigenvalue weighted by molar-refractivity contribution is 0.0620. The number of pyridine rings is 1. The van der Waals surface area contributed by atoms with Gasteiger partial charge in [-0.3, -0.25) is 4.79 Å². The van der Waals surface area contributed by atoms with Crippen molar-refractivity contribution in [2.24, 2.45) is 5.92 Å². The summed E-state index contributed by atoms with van der Waals surface area (Å²) in [5.74, 6) is 2.72. The Morgan fingerprint density at radius 3 is 2.50 bits per heavy atom. The molecule has 0 unspecified atom stereocenters. The molecular weight excluding hydrogens is 380 g/mol. The number of fused-ring (bicyclic) bond motifs is 3. The van der Waals surface area contributed by atoms with Crippen LogP contribution in [0.5, 0.6) is 11.6 Å². The van der Waals surface area contributed by atoms with E-state index in [4.69, 9.17) is 9.47 Å². The molecule has 0 spiro atoms. The Morgan fingerprint density at radius 2 is 1.80 bits per heavy atom. The fourth-order valence-electron chi connectivity index (χ4n) is 4.60. The van der Waals surface area contributed by atoms with Gasteiger partial charge in [-0.05, 0) is 62.2 Å². The van der Waals surface area contributed by atoms with Gasteiger partial charge in [-0.15, -0.1) is 0 Å². The van der Waals surface area contributed by atoms with Crippen molar-refractivity contribution < 1.29 is 14.3 Å². The Bertz CT molecular complexity index is 874. The SMILES string of the molecule is O=C(N[C@H]1CN2CCC1CC2)c1ccc(Oc2cccc(N3CCOCC3)n2)cc1. The largest absolute Gasteiger partial charge is 0.439 e. The van der Waals surface area contributed by atoms with Crippen molar-refractivity contribution in [2.45, 2.75) is 18.9 Å². The van der Waals surface area contributed by atoms with Gasteiger partial charge < -0.3 is 24.6 Å². The highest BCUT2D eigenvalue weighted by atomic mass is 16.5. The average Bonchev–Trinajstić information content (AvgIpc) is 2.81. The predicted octanol–water partition coefficient (Wildman–Crippen LogP) is 2.53. The highest BCUT2D eigenvalue weighted by Crippen LogP contribution is 2.28. The minimum absolute atomic E-state index is 0.00672. The monoisotopic (exact) mass is 408 g/mol. The minimum atomic E-state index is -0.00672. The van der Waals surface area contributed by atoms with Gasteiger partial charge in [-0.25, -0.2) is 0 Å². The van der Waals surface area contributed by atoms with Crippen LogP contribution in [0.15, 0.2) is 42.5 Å². The lowest BCUT2D eigenvalue weighted by Gasteiger charge is -2.44. The van der Waals surface area contributed by atoms with Gasteiger partial charge in [0.05, 0.1) is 13.2 Å². The smallest absolute Gasteiger partial charge is 0.251 e. The second kappa shape index (κ2) is 8.62. The molecule has 7 nitrogen and oxygen atoms in total. The molecule has 4 aliphatic rings. The number of rotatable bonds is 5. The lowest BCUT2D eigenvalue weighted by Crippen LogP contribution is -2.57. The van der Waals surface area contributed by atoms with Gasteiger partial charge in [-0.2, -0.15) is 4.98 Å². The highest BCUT2D eigenvalue weighted by Gasteiger charge is 2.34. The van der Waals surface area contributed by atoms with E-state index in [1.807, 2.05) is 42.5 Å². The van der Waals surface area contributed by atoms with Crippen molar-refractivity contribution in [3.63, 3.8) is 0 Å². The summed E-state index contributed by atoms with van der Waals surface area (Å²) in [5.41, 5.74) is 0.661. The quantitative estimate of drug-likeness (QED) is 0.820. The van der Waals surface area contributed by atoms with E-state index in [1.54, 1.807) is 0 Å². The molecule has 4 fully saturated rings. The molecule has 158 valence electrons. The first-order valence-electron chi connectivity index (χ1n) is 10.9. The van der Waals surface area contributed by atoms with E-state index in [1.165, 1.54) is 25.9 Å². The van der Waals surface area contributed by atoms with Crippen LogP contribution >= 0.6 is 0 Å². The predicted molar refractivity (Wildman–Crippen MR) is 114 cm³/mol. The second-order valence-electron chi connectivity index (χ2n) is 8.28. The molecule has 1 aromatic heterocycles. The lowest BCUT2D eigenvalue weighted by atomic mass is 9.84. The van der Waals surface area contributed by atoms with Crippen LogP contribution in [-0.4, -0.2) is 67.8 Å². The fourth-order valence-corrected chi connectivity index (χ4v) is 4.60. The number of ether oxygens (including phenoxy) is 2. The van der Waals surface area contributed by atoms with Crippen LogP contribution in [0, 0.1) is 5.92 Å². The number of hydrogen-bond acceptors (Lipinski definition) is 6. The van der Waals surface area contributed by atoms with E-state index >= 15 is 0 Å². The van der Waals surface area contributed by atoms with Gasteiger partial charge in [0.1, 0.15) is 11.6 Å². The summed E-state index contributed by atoms with van der Waals surface area (Å²) in [7, 11) is 0. The molecule has 5 heterocycles. The Kier molecular flexibility index (Phi) is 5.55.